The lowest BCUT2D eigenvalue weighted by Crippen LogP contribution is -2.56. The number of hydrogen-bond acceptors (Lipinski definition) is 5. The number of nitrogens with zero attached hydrogens (tertiary/aromatic N) is 4. The molecular formula is C15H22N4O3. The fraction of sp³-hybridized carbons (Fsp3) is 0.600. The van der Waals surface area contributed by atoms with Gasteiger partial charge in [-0.1, -0.05) is 0 Å². The Morgan fingerprint density at radius 3 is 2.55 bits per heavy atom. The molecule has 0 saturated carbocycles. The first-order valence-electron chi connectivity index (χ1n) is 7.33. The van der Waals surface area contributed by atoms with E-state index in [1.807, 2.05) is 27.7 Å². The topological polar surface area (TPSA) is 75.6 Å². The molecule has 1 aromatic rings. The minimum Gasteiger partial charge on any atom is -0.444 e. The van der Waals surface area contributed by atoms with Crippen LogP contribution >= 0.6 is 0 Å². The number of piperazine rings is 1. The smallest absolute Gasteiger partial charge is 0.410 e. The Balaban J connectivity index is 1.98. The third kappa shape index (κ3) is 3.93. The highest BCUT2D eigenvalue weighted by atomic mass is 16.6. The predicted molar refractivity (Wildman–Crippen MR) is 80.3 cm³/mol. The molecule has 7 heteroatoms. The fourth-order valence-corrected chi connectivity index (χ4v) is 2.31. The highest BCUT2D eigenvalue weighted by Gasteiger charge is 2.33. The van der Waals surface area contributed by atoms with Crippen LogP contribution in [0.25, 0.3) is 0 Å². The van der Waals surface area contributed by atoms with E-state index in [1.54, 1.807) is 9.80 Å². The summed E-state index contributed by atoms with van der Waals surface area (Å²) in [6.07, 6.45) is 4.13. The van der Waals surface area contributed by atoms with Crippen molar-refractivity contribution in [2.75, 3.05) is 19.6 Å². The van der Waals surface area contributed by atoms with Crippen molar-refractivity contribution in [1.29, 1.82) is 0 Å². The molecule has 120 valence electrons. The zero-order chi connectivity index (χ0) is 16.3. The molecule has 1 aliphatic heterocycles. The van der Waals surface area contributed by atoms with Crippen LogP contribution in [0, 0.1) is 0 Å². The molecule has 0 bridgehead atoms. The van der Waals surface area contributed by atoms with Crippen molar-refractivity contribution in [2.24, 2.45) is 0 Å². The highest BCUT2D eigenvalue weighted by molar-refractivity contribution is 5.92. The number of aromatic nitrogens is 2. The van der Waals surface area contributed by atoms with E-state index >= 15 is 0 Å². The summed E-state index contributed by atoms with van der Waals surface area (Å²) in [7, 11) is 0. The van der Waals surface area contributed by atoms with Crippen molar-refractivity contribution < 1.29 is 14.3 Å². The van der Waals surface area contributed by atoms with E-state index in [1.165, 1.54) is 18.6 Å². The minimum absolute atomic E-state index is 0.107. The van der Waals surface area contributed by atoms with Gasteiger partial charge in [0.1, 0.15) is 11.3 Å². The van der Waals surface area contributed by atoms with Gasteiger partial charge in [-0.25, -0.2) is 9.78 Å². The summed E-state index contributed by atoms with van der Waals surface area (Å²) in [5, 5.41) is 0. The van der Waals surface area contributed by atoms with Crippen molar-refractivity contribution in [1.82, 2.24) is 19.8 Å². The monoisotopic (exact) mass is 306 g/mol. The third-order valence-electron chi connectivity index (χ3n) is 3.33. The second kappa shape index (κ2) is 6.29. The van der Waals surface area contributed by atoms with Crippen molar-refractivity contribution in [2.45, 2.75) is 39.3 Å². The van der Waals surface area contributed by atoms with Crippen molar-refractivity contribution >= 4 is 12.0 Å². The lowest BCUT2D eigenvalue weighted by molar-refractivity contribution is 0.00189. The molecule has 22 heavy (non-hydrogen) atoms. The Hall–Kier alpha value is -2.18. The molecule has 0 aliphatic carbocycles. The Bertz CT molecular complexity index is 541. The van der Waals surface area contributed by atoms with Crippen LogP contribution < -0.4 is 0 Å². The molecule has 0 N–H and O–H groups in total. The van der Waals surface area contributed by atoms with Crippen molar-refractivity contribution in [3.8, 4) is 0 Å². The van der Waals surface area contributed by atoms with Gasteiger partial charge in [-0.15, -0.1) is 0 Å². The van der Waals surface area contributed by atoms with Crippen LogP contribution in [0.15, 0.2) is 18.6 Å². The van der Waals surface area contributed by atoms with Crippen molar-refractivity contribution in [3.63, 3.8) is 0 Å². The summed E-state index contributed by atoms with van der Waals surface area (Å²) in [6.45, 7) is 8.77. The molecule has 1 unspecified atom stereocenters. The molecule has 2 amide bonds. The van der Waals surface area contributed by atoms with Crippen LogP contribution in [-0.2, 0) is 4.74 Å². The fourth-order valence-electron chi connectivity index (χ4n) is 2.31. The van der Waals surface area contributed by atoms with Gasteiger partial charge >= 0.3 is 6.09 Å². The molecule has 1 saturated heterocycles. The van der Waals surface area contributed by atoms with E-state index in [4.69, 9.17) is 4.74 Å². The Kier molecular flexibility index (Phi) is 4.63. The largest absolute Gasteiger partial charge is 0.444 e. The summed E-state index contributed by atoms with van der Waals surface area (Å²) in [6, 6.07) is -0.107. The van der Waals surface area contributed by atoms with Gasteiger partial charge in [-0.3, -0.25) is 9.78 Å². The highest BCUT2D eigenvalue weighted by Crippen LogP contribution is 2.16. The number of ether oxygens (including phenoxy) is 1. The van der Waals surface area contributed by atoms with Gasteiger partial charge in [-0.05, 0) is 27.7 Å². The van der Waals surface area contributed by atoms with Gasteiger partial charge in [0.05, 0.1) is 6.20 Å². The van der Waals surface area contributed by atoms with E-state index < -0.39 is 5.60 Å². The van der Waals surface area contributed by atoms with E-state index in [-0.39, 0.29) is 18.0 Å². The Morgan fingerprint density at radius 2 is 2.00 bits per heavy atom. The molecular weight excluding hydrogens is 284 g/mol. The molecule has 1 aromatic heterocycles. The van der Waals surface area contributed by atoms with Gasteiger partial charge < -0.3 is 14.5 Å². The third-order valence-corrected chi connectivity index (χ3v) is 3.33. The maximum atomic E-state index is 12.3. The first kappa shape index (κ1) is 16.2. The average molecular weight is 306 g/mol. The molecule has 0 radical (unpaired) electrons. The molecule has 7 nitrogen and oxygen atoms in total. The van der Waals surface area contributed by atoms with Crippen molar-refractivity contribution in [3.05, 3.63) is 24.3 Å². The van der Waals surface area contributed by atoms with Crippen LogP contribution in [0.5, 0.6) is 0 Å². The van der Waals surface area contributed by atoms with Gasteiger partial charge in [0.2, 0.25) is 0 Å². The molecule has 1 fully saturated rings. The first-order valence-corrected chi connectivity index (χ1v) is 7.33. The quantitative estimate of drug-likeness (QED) is 0.787. The second-order valence-corrected chi connectivity index (χ2v) is 6.36. The molecule has 1 aliphatic rings. The molecule has 0 spiro atoms. The van der Waals surface area contributed by atoms with E-state index in [9.17, 15) is 9.59 Å². The predicted octanol–water partition coefficient (Wildman–Crippen LogP) is 1.56. The number of hydrogen-bond donors (Lipinski definition) is 0. The molecule has 1 atom stereocenters. The van der Waals surface area contributed by atoms with Crippen LogP contribution in [0.1, 0.15) is 38.2 Å². The lowest BCUT2D eigenvalue weighted by atomic mass is 10.2. The number of carbonyl (C=O) groups is 2. The van der Waals surface area contributed by atoms with Crippen LogP contribution in [0.4, 0.5) is 4.79 Å². The molecule has 2 rings (SSSR count). The zero-order valence-corrected chi connectivity index (χ0v) is 13.4. The number of rotatable bonds is 1. The van der Waals surface area contributed by atoms with Gasteiger partial charge in [-0.2, -0.15) is 0 Å². The lowest BCUT2D eigenvalue weighted by Gasteiger charge is -2.40. The maximum absolute atomic E-state index is 12.3. The van der Waals surface area contributed by atoms with Crippen LogP contribution in [0.2, 0.25) is 0 Å². The summed E-state index contributed by atoms with van der Waals surface area (Å²) < 4.78 is 5.39. The SMILES string of the molecule is CC1CN(C(=O)c2cnccn2)CCN1C(=O)OC(C)(C)C. The van der Waals surface area contributed by atoms with Crippen LogP contribution in [-0.4, -0.2) is 63.0 Å². The van der Waals surface area contributed by atoms with E-state index in [0.29, 0.717) is 25.3 Å². The standard InChI is InChI=1S/C15H22N4O3/c1-11-10-18(13(20)12-9-16-5-6-17-12)7-8-19(11)14(21)22-15(2,3)4/h5-6,9,11H,7-8,10H2,1-4H3. The normalized spacial score (nSPS) is 19.0. The summed E-state index contributed by atoms with van der Waals surface area (Å²) >= 11 is 0. The van der Waals surface area contributed by atoms with E-state index in [2.05, 4.69) is 9.97 Å². The Labute approximate surface area is 130 Å². The first-order chi connectivity index (χ1) is 10.3. The van der Waals surface area contributed by atoms with Gasteiger partial charge in [0.15, 0.2) is 0 Å². The molecule has 2 heterocycles. The Morgan fingerprint density at radius 1 is 1.27 bits per heavy atom. The van der Waals surface area contributed by atoms with Gasteiger partial charge in [0.25, 0.3) is 5.91 Å². The summed E-state index contributed by atoms with van der Waals surface area (Å²) in [5.74, 6) is -0.163. The second-order valence-electron chi connectivity index (χ2n) is 6.36. The average Bonchev–Trinajstić information content (AvgIpc) is 2.45. The number of amides is 2. The van der Waals surface area contributed by atoms with Gasteiger partial charge in [0, 0.05) is 38.1 Å². The number of carbonyl (C=O) groups excluding carboxylic acids is 2. The maximum Gasteiger partial charge on any atom is 0.410 e. The minimum atomic E-state index is -0.524. The zero-order valence-electron chi connectivity index (χ0n) is 13.4. The molecule has 0 aromatic carbocycles. The van der Waals surface area contributed by atoms with Crippen LogP contribution in [0.3, 0.4) is 0 Å². The van der Waals surface area contributed by atoms with E-state index in [0.717, 1.165) is 0 Å². The summed E-state index contributed by atoms with van der Waals surface area (Å²) in [4.78, 5) is 35.8. The summed E-state index contributed by atoms with van der Waals surface area (Å²) in [5.41, 5.74) is -0.205.